The Labute approximate surface area is 251 Å². The van der Waals surface area contributed by atoms with Gasteiger partial charge >= 0.3 is 0 Å². The second-order valence-electron chi connectivity index (χ2n) is 11.5. The van der Waals surface area contributed by atoms with Crippen LogP contribution in [0.4, 0.5) is 5.69 Å². The minimum atomic E-state index is -1.03. The van der Waals surface area contributed by atoms with Gasteiger partial charge < -0.3 is 24.8 Å². The van der Waals surface area contributed by atoms with Gasteiger partial charge in [0.2, 0.25) is 11.8 Å². The first-order chi connectivity index (χ1) is 21.0. The number of likely N-dealkylation sites (tertiary alicyclic amines) is 1. The van der Waals surface area contributed by atoms with E-state index >= 15 is 0 Å². The van der Waals surface area contributed by atoms with Crippen LogP contribution in [0.3, 0.4) is 0 Å². The van der Waals surface area contributed by atoms with Crippen LogP contribution in [-0.4, -0.2) is 61.6 Å². The van der Waals surface area contributed by atoms with Crippen LogP contribution in [0.5, 0.6) is 23.0 Å². The quantitative estimate of drug-likeness (QED) is 0.299. The standard InChI is InChI=1S/C34H38N4O5/c1-41-30-20-26-28(21-31(30)42-2)35-17-14-29(26)43-25-12-10-24(11-13-25)36-32(39)34(15-16-34)33(40)37-27-9-5-4-8-23(27)22-38-18-6-3-7-19-38/h4-5,8,10-14,17,20-21,27H,3,6-7,9,15-16,18-19,22H2,1-2H3,(H,36,39)(H,37,40). The second-order valence-corrected chi connectivity index (χ2v) is 11.5. The minimum absolute atomic E-state index is 0.0774. The summed E-state index contributed by atoms with van der Waals surface area (Å²) in [7, 11) is 3.17. The molecule has 0 spiro atoms. The first-order valence-electron chi connectivity index (χ1n) is 15.0. The average Bonchev–Trinajstić information content (AvgIpc) is 3.85. The topological polar surface area (TPSA) is 102 Å². The number of hydrogen-bond acceptors (Lipinski definition) is 7. The van der Waals surface area contributed by atoms with Crippen molar-refractivity contribution in [1.82, 2.24) is 15.2 Å². The van der Waals surface area contributed by atoms with Crippen LogP contribution < -0.4 is 24.8 Å². The monoisotopic (exact) mass is 582 g/mol. The third kappa shape index (κ3) is 6.22. The van der Waals surface area contributed by atoms with Gasteiger partial charge in [-0.2, -0.15) is 0 Å². The van der Waals surface area contributed by atoms with Crippen LogP contribution in [-0.2, 0) is 9.59 Å². The van der Waals surface area contributed by atoms with E-state index in [1.165, 1.54) is 24.8 Å². The molecule has 3 aliphatic rings. The van der Waals surface area contributed by atoms with Crippen molar-refractivity contribution in [1.29, 1.82) is 0 Å². The van der Waals surface area contributed by atoms with E-state index in [0.29, 0.717) is 47.0 Å². The molecule has 1 saturated carbocycles. The number of anilines is 1. The van der Waals surface area contributed by atoms with Crippen LogP contribution in [0, 0.1) is 5.41 Å². The molecule has 1 saturated heterocycles. The summed E-state index contributed by atoms with van der Waals surface area (Å²) in [5.74, 6) is 1.92. The Bertz CT molecular complexity index is 1550. The van der Waals surface area contributed by atoms with Crippen molar-refractivity contribution in [3.05, 3.63) is 72.5 Å². The Morgan fingerprint density at radius 1 is 0.953 bits per heavy atom. The summed E-state index contributed by atoms with van der Waals surface area (Å²) in [6.45, 7) is 3.06. The first kappa shape index (κ1) is 28.7. The molecule has 2 aromatic carbocycles. The molecule has 9 heteroatoms. The number of hydrogen-bond donors (Lipinski definition) is 2. The van der Waals surface area contributed by atoms with Crippen molar-refractivity contribution < 1.29 is 23.8 Å². The summed E-state index contributed by atoms with van der Waals surface area (Å²) >= 11 is 0. The number of rotatable bonds is 10. The van der Waals surface area contributed by atoms with Gasteiger partial charge in [0.1, 0.15) is 16.9 Å². The summed E-state index contributed by atoms with van der Waals surface area (Å²) in [6.07, 6.45) is 13.5. The van der Waals surface area contributed by atoms with E-state index in [1.807, 2.05) is 6.07 Å². The molecule has 0 radical (unpaired) electrons. The molecule has 3 aromatic rings. The highest BCUT2D eigenvalue weighted by atomic mass is 16.5. The molecule has 1 aromatic heterocycles. The van der Waals surface area contributed by atoms with Crippen LogP contribution in [0.25, 0.3) is 10.9 Å². The average molecular weight is 583 g/mol. The largest absolute Gasteiger partial charge is 0.493 e. The fourth-order valence-corrected chi connectivity index (χ4v) is 5.86. The van der Waals surface area contributed by atoms with Gasteiger partial charge in [0.25, 0.3) is 0 Å². The lowest BCUT2D eigenvalue weighted by Crippen LogP contribution is -2.47. The van der Waals surface area contributed by atoms with E-state index in [-0.39, 0.29) is 17.9 Å². The SMILES string of the molecule is COc1cc2nccc(Oc3ccc(NC(=O)C4(C(=O)NC5CC=CC=C5CN5CCCCC5)CC4)cc3)c2cc1OC. The Hall–Kier alpha value is -4.37. The maximum absolute atomic E-state index is 13.4. The molecule has 6 rings (SSSR count). The molecular formula is C34H38N4O5. The van der Waals surface area contributed by atoms with Crippen molar-refractivity contribution in [3.63, 3.8) is 0 Å². The van der Waals surface area contributed by atoms with E-state index in [0.717, 1.165) is 31.4 Å². The Balaban J connectivity index is 1.09. The predicted molar refractivity (Wildman–Crippen MR) is 166 cm³/mol. The Morgan fingerprint density at radius 3 is 2.42 bits per heavy atom. The van der Waals surface area contributed by atoms with E-state index in [2.05, 4.69) is 38.7 Å². The molecule has 9 nitrogen and oxygen atoms in total. The summed E-state index contributed by atoms with van der Waals surface area (Å²) in [5, 5.41) is 6.94. The number of aromatic nitrogens is 1. The molecule has 1 aliphatic heterocycles. The van der Waals surface area contributed by atoms with Gasteiger partial charge in [-0.15, -0.1) is 0 Å². The lowest BCUT2D eigenvalue weighted by atomic mass is 9.95. The van der Waals surface area contributed by atoms with E-state index in [4.69, 9.17) is 14.2 Å². The van der Waals surface area contributed by atoms with Gasteiger partial charge in [0.05, 0.1) is 25.8 Å². The zero-order valence-corrected chi connectivity index (χ0v) is 24.7. The molecule has 1 atom stereocenters. The van der Waals surface area contributed by atoms with Crippen molar-refractivity contribution in [2.45, 2.75) is 44.6 Å². The second kappa shape index (κ2) is 12.5. The number of carbonyl (C=O) groups is 2. The zero-order chi connectivity index (χ0) is 29.8. The van der Waals surface area contributed by atoms with E-state index < -0.39 is 5.41 Å². The molecule has 2 amide bonds. The Morgan fingerprint density at radius 2 is 1.70 bits per heavy atom. The third-order valence-corrected chi connectivity index (χ3v) is 8.59. The number of benzene rings is 2. The molecule has 2 N–H and O–H groups in total. The number of pyridine rings is 1. The summed E-state index contributed by atoms with van der Waals surface area (Å²) in [4.78, 5) is 33.7. The molecule has 43 heavy (non-hydrogen) atoms. The Kier molecular flexibility index (Phi) is 8.33. The molecule has 2 aliphatic carbocycles. The minimum Gasteiger partial charge on any atom is -0.493 e. The van der Waals surface area contributed by atoms with Gasteiger partial charge in [-0.05, 0) is 87.2 Å². The number of piperidine rings is 1. The molecule has 1 unspecified atom stereocenters. The number of nitrogens with one attached hydrogen (secondary N) is 2. The number of methoxy groups -OCH3 is 2. The van der Waals surface area contributed by atoms with Gasteiger partial charge in [-0.1, -0.05) is 24.6 Å². The van der Waals surface area contributed by atoms with Crippen molar-refractivity contribution in [2.24, 2.45) is 5.41 Å². The molecular weight excluding hydrogens is 544 g/mol. The fourth-order valence-electron chi connectivity index (χ4n) is 5.86. The number of amides is 2. The predicted octanol–water partition coefficient (Wildman–Crippen LogP) is 5.62. The highest BCUT2D eigenvalue weighted by Crippen LogP contribution is 2.47. The number of allylic oxidation sites excluding steroid dienone is 2. The van der Waals surface area contributed by atoms with Crippen LogP contribution in [0.2, 0.25) is 0 Å². The number of carbonyl (C=O) groups excluding carboxylic acids is 2. The highest BCUT2D eigenvalue weighted by Gasteiger charge is 2.57. The van der Waals surface area contributed by atoms with Gasteiger partial charge in [0.15, 0.2) is 11.5 Å². The van der Waals surface area contributed by atoms with E-state index in [1.54, 1.807) is 56.8 Å². The van der Waals surface area contributed by atoms with Crippen LogP contribution in [0.1, 0.15) is 38.5 Å². The highest BCUT2D eigenvalue weighted by molar-refractivity contribution is 6.13. The number of ether oxygens (including phenoxy) is 3. The molecule has 2 heterocycles. The fraction of sp³-hybridized carbons (Fsp3) is 0.382. The summed E-state index contributed by atoms with van der Waals surface area (Å²) in [6, 6.07) is 12.5. The lowest BCUT2D eigenvalue weighted by molar-refractivity contribution is -0.134. The summed E-state index contributed by atoms with van der Waals surface area (Å²) in [5.41, 5.74) is 1.51. The smallest absolute Gasteiger partial charge is 0.240 e. The van der Waals surface area contributed by atoms with E-state index in [9.17, 15) is 9.59 Å². The first-order valence-corrected chi connectivity index (χ1v) is 15.0. The molecule has 2 fully saturated rings. The molecule has 0 bridgehead atoms. The van der Waals surface area contributed by atoms with Crippen molar-refractivity contribution >= 4 is 28.4 Å². The van der Waals surface area contributed by atoms with Crippen LogP contribution in [0.15, 0.2) is 72.5 Å². The van der Waals surface area contributed by atoms with Gasteiger partial charge in [-0.3, -0.25) is 19.5 Å². The molecule has 224 valence electrons. The third-order valence-electron chi connectivity index (χ3n) is 8.59. The van der Waals surface area contributed by atoms with Crippen molar-refractivity contribution in [2.75, 3.05) is 39.2 Å². The number of fused-ring (bicyclic) bond motifs is 1. The normalized spacial score (nSPS) is 19.3. The van der Waals surface area contributed by atoms with Crippen LogP contribution >= 0.6 is 0 Å². The maximum Gasteiger partial charge on any atom is 0.240 e. The number of nitrogens with zero attached hydrogens (tertiary/aromatic N) is 2. The zero-order valence-electron chi connectivity index (χ0n) is 24.7. The maximum atomic E-state index is 13.4. The lowest BCUT2D eigenvalue weighted by Gasteiger charge is -2.32. The van der Waals surface area contributed by atoms with Gasteiger partial charge in [-0.25, -0.2) is 0 Å². The summed E-state index contributed by atoms with van der Waals surface area (Å²) < 4.78 is 17.0. The van der Waals surface area contributed by atoms with Gasteiger partial charge in [0, 0.05) is 29.9 Å². The van der Waals surface area contributed by atoms with Crippen molar-refractivity contribution in [3.8, 4) is 23.0 Å².